The van der Waals surface area contributed by atoms with Crippen LogP contribution in [0.3, 0.4) is 0 Å². The zero-order chi connectivity index (χ0) is 10.0. The van der Waals surface area contributed by atoms with Gasteiger partial charge < -0.3 is 14.9 Å². The zero-order valence-electron chi connectivity index (χ0n) is 7.93. The van der Waals surface area contributed by atoms with E-state index in [9.17, 15) is 9.90 Å². The highest BCUT2D eigenvalue weighted by molar-refractivity contribution is 5.72. The first-order chi connectivity index (χ1) is 6.00. The topological polar surface area (TPSA) is 66.8 Å². The highest BCUT2D eigenvalue weighted by Gasteiger charge is 2.32. The monoisotopic (exact) mass is 188 g/mol. The van der Waals surface area contributed by atoms with Gasteiger partial charge in [0.2, 0.25) is 0 Å². The van der Waals surface area contributed by atoms with E-state index in [1.165, 1.54) is 0 Å². The van der Waals surface area contributed by atoms with Crippen LogP contribution in [-0.2, 0) is 9.53 Å². The molecule has 0 saturated carbocycles. The maximum atomic E-state index is 10.5. The molecule has 2 N–H and O–H groups in total. The van der Waals surface area contributed by atoms with Gasteiger partial charge in [0.1, 0.15) is 0 Å². The van der Waals surface area contributed by atoms with Gasteiger partial charge in [0.15, 0.2) is 6.10 Å². The Morgan fingerprint density at radius 2 is 1.85 bits per heavy atom. The third-order valence-electron chi connectivity index (χ3n) is 2.43. The van der Waals surface area contributed by atoms with Crippen LogP contribution in [0.5, 0.6) is 0 Å². The summed E-state index contributed by atoms with van der Waals surface area (Å²) in [5.41, 5.74) is 0. The van der Waals surface area contributed by atoms with E-state index in [-0.39, 0.29) is 18.1 Å². The molecule has 0 aliphatic carbocycles. The smallest absolute Gasteiger partial charge is 0.332 e. The number of hydrogen-bond acceptors (Lipinski definition) is 3. The second kappa shape index (κ2) is 4.07. The number of aliphatic hydroxyl groups is 1. The van der Waals surface area contributed by atoms with Crippen molar-refractivity contribution in [3.05, 3.63) is 0 Å². The lowest BCUT2D eigenvalue weighted by molar-refractivity contribution is -0.154. The molecule has 0 bridgehead atoms. The minimum absolute atomic E-state index is 0.0442. The second-order valence-corrected chi connectivity index (χ2v) is 3.77. The summed E-state index contributed by atoms with van der Waals surface area (Å²) in [5.74, 6) is -1.30. The van der Waals surface area contributed by atoms with E-state index in [4.69, 9.17) is 9.84 Å². The first-order valence-electron chi connectivity index (χ1n) is 4.57. The van der Waals surface area contributed by atoms with Crippen LogP contribution in [0.2, 0.25) is 0 Å². The van der Waals surface area contributed by atoms with Gasteiger partial charge in [-0.25, -0.2) is 4.79 Å². The molecule has 1 aliphatic rings. The first-order valence-corrected chi connectivity index (χ1v) is 4.57. The Hall–Kier alpha value is -0.610. The fourth-order valence-corrected chi connectivity index (χ4v) is 1.92. The average Bonchev–Trinajstić information content (AvgIpc) is 2.01. The average molecular weight is 188 g/mol. The molecular weight excluding hydrogens is 172 g/mol. The number of carboxylic acid groups (broad SMARTS) is 1. The summed E-state index contributed by atoms with van der Waals surface area (Å²) >= 11 is 0. The summed E-state index contributed by atoms with van der Waals surface area (Å²) < 4.78 is 5.44. The number of aliphatic carboxylic acids is 1. The van der Waals surface area contributed by atoms with Gasteiger partial charge in [-0.1, -0.05) is 0 Å². The van der Waals surface area contributed by atoms with Gasteiger partial charge in [-0.3, -0.25) is 0 Å². The van der Waals surface area contributed by atoms with Gasteiger partial charge in [0, 0.05) is 5.92 Å². The predicted molar refractivity (Wildman–Crippen MR) is 46.4 cm³/mol. The van der Waals surface area contributed by atoms with E-state index in [0.29, 0.717) is 12.8 Å². The van der Waals surface area contributed by atoms with Gasteiger partial charge in [0.25, 0.3) is 0 Å². The van der Waals surface area contributed by atoms with Crippen LogP contribution in [0.4, 0.5) is 0 Å². The molecule has 0 aromatic rings. The Morgan fingerprint density at radius 1 is 1.38 bits per heavy atom. The van der Waals surface area contributed by atoms with Gasteiger partial charge in [-0.15, -0.1) is 0 Å². The van der Waals surface area contributed by atoms with Crippen LogP contribution in [-0.4, -0.2) is 34.5 Å². The fraction of sp³-hybridized carbons (Fsp3) is 0.889. The SMILES string of the molecule is C[C@@H]1CC(C(O)C(=O)O)C[C@H](C)O1. The molecule has 0 radical (unpaired) electrons. The summed E-state index contributed by atoms with van der Waals surface area (Å²) in [5, 5.41) is 17.9. The van der Waals surface area contributed by atoms with Crippen LogP contribution in [0.25, 0.3) is 0 Å². The van der Waals surface area contributed by atoms with Crippen molar-refractivity contribution >= 4 is 5.97 Å². The van der Waals surface area contributed by atoms with Gasteiger partial charge in [-0.2, -0.15) is 0 Å². The molecule has 1 rings (SSSR count). The number of hydrogen-bond donors (Lipinski definition) is 2. The van der Waals surface area contributed by atoms with E-state index in [1.807, 2.05) is 13.8 Å². The molecule has 1 aliphatic heterocycles. The summed E-state index contributed by atoms with van der Waals surface area (Å²) in [6, 6.07) is 0. The summed E-state index contributed by atoms with van der Waals surface area (Å²) in [6.07, 6.45) is 0.0922. The van der Waals surface area contributed by atoms with Crippen molar-refractivity contribution in [2.24, 2.45) is 5.92 Å². The lowest BCUT2D eigenvalue weighted by Gasteiger charge is -2.33. The molecule has 1 fully saturated rings. The van der Waals surface area contributed by atoms with Crippen LogP contribution in [0.15, 0.2) is 0 Å². The van der Waals surface area contributed by atoms with Crippen LogP contribution in [0, 0.1) is 5.92 Å². The Labute approximate surface area is 77.5 Å². The molecule has 0 spiro atoms. The Kier molecular flexibility index (Phi) is 3.27. The lowest BCUT2D eigenvalue weighted by Crippen LogP contribution is -2.39. The predicted octanol–water partition coefficient (Wildman–Crippen LogP) is 0.635. The van der Waals surface area contributed by atoms with E-state index >= 15 is 0 Å². The number of carbonyl (C=O) groups is 1. The Morgan fingerprint density at radius 3 is 2.23 bits per heavy atom. The molecule has 4 heteroatoms. The third kappa shape index (κ3) is 2.67. The standard InChI is InChI=1S/C9H16O4/c1-5-3-7(4-6(2)13-5)8(10)9(11)12/h5-8,10H,3-4H2,1-2H3,(H,11,12)/t5-,6+,7?,8?. The number of carboxylic acids is 1. The lowest BCUT2D eigenvalue weighted by atomic mass is 9.88. The molecule has 76 valence electrons. The molecule has 0 aromatic carbocycles. The molecule has 4 nitrogen and oxygen atoms in total. The Bertz CT molecular complexity index is 182. The quantitative estimate of drug-likeness (QED) is 0.667. The van der Waals surface area contributed by atoms with Gasteiger partial charge in [-0.05, 0) is 26.7 Å². The van der Waals surface area contributed by atoms with E-state index in [2.05, 4.69) is 0 Å². The van der Waals surface area contributed by atoms with Crippen molar-refractivity contribution in [1.29, 1.82) is 0 Å². The van der Waals surface area contributed by atoms with Crippen LogP contribution < -0.4 is 0 Å². The summed E-state index contributed by atoms with van der Waals surface area (Å²) in [7, 11) is 0. The molecular formula is C9H16O4. The van der Waals surface area contributed by atoms with Gasteiger partial charge in [0.05, 0.1) is 12.2 Å². The zero-order valence-corrected chi connectivity index (χ0v) is 7.93. The molecule has 13 heavy (non-hydrogen) atoms. The number of aliphatic hydroxyl groups excluding tert-OH is 1. The van der Waals surface area contributed by atoms with Crippen molar-refractivity contribution < 1.29 is 19.7 Å². The third-order valence-corrected chi connectivity index (χ3v) is 2.43. The fourth-order valence-electron chi connectivity index (χ4n) is 1.92. The molecule has 1 saturated heterocycles. The second-order valence-electron chi connectivity index (χ2n) is 3.77. The van der Waals surface area contributed by atoms with E-state index in [1.54, 1.807) is 0 Å². The normalized spacial score (nSPS) is 37.0. The molecule has 0 aromatic heterocycles. The maximum Gasteiger partial charge on any atom is 0.332 e. The van der Waals surface area contributed by atoms with Crippen molar-refractivity contribution in [1.82, 2.24) is 0 Å². The van der Waals surface area contributed by atoms with E-state index in [0.717, 1.165) is 0 Å². The molecule has 0 amide bonds. The minimum atomic E-state index is -1.24. The molecule has 2 unspecified atom stereocenters. The van der Waals surface area contributed by atoms with Crippen molar-refractivity contribution in [2.75, 3.05) is 0 Å². The summed E-state index contributed by atoms with van der Waals surface area (Å²) in [4.78, 5) is 10.5. The van der Waals surface area contributed by atoms with Crippen molar-refractivity contribution in [2.45, 2.75) is 45.0 Å². The molecule has 4 atom stereocenters. The highest BCUT2D eigenvalue weighted by Crippen LogP contribution is 2.27. The first kappa shape index (κ1) is 10.5. The summed E-state index contributed by atoms with van der Waals surface area (Å²) in [6.45, 7) is 3.80. The number of rotatable bonds is 2. The van der Waals surface area contributed by atoms with Crippen LogP contribution >= 0.6 is 0 Å². The van der Waals surface area contributed by atoms with Crippen molar-refractivity contribution in [3.8, 4) is 0 Å². The highest BCUT2D eigenvalue weighted by atomic mass is 16.5. The van der Waals surface area contributed by atoms with Gasteiger partial charge >= 0.3 is 5.97 Å². The maximum absolute atomic E-state index is 10.5. The minimum Gasteiger partial charge on any atom is -0.479 e. The largest absolute Gasteiger partial charge is 0.479 e. The molecule has 1 heterocycles. The van der Waals surface area contributed by atoms with E-state index < -0.39 is 12.1 Å². The van der Waals surface area contributed by atoms with Crippen LogP contribution in [0.1, 0.15) is 26.7 Å². The van der Waals surface area contributed by atoms with Crippen molar-refractivity contribution in [3.63, 3.8) is 0 Å². The number of ether oxygens (including phenoxy) is 1. The Balaban J connectivity index is 2.54.